The fraction of sp³-hybridized carbons (Fsp3) is 0.280. The van der Waals surface area contributed by atoms with E-state index in [-0.39, 0.29) is 5.92 Å². The van der Waals surface area contributed by atoms with Crippen molar-refractivity contribution in [2.75, 3.05) is 32.1 Å². The monoisotopic (exact) mass is 530 g/mol. The van der Waals surface area contributed by atoms with Crippen LogP contribution in [0.15, 0.2) is 65.3 Å². The van der Waals surface area contributed by atoms with Gasteiger partial charge in [-0.15, -0.1) is 0 Å². The van der Waals surface area contributed by atoms with Gasteiger partial charge in [0.25, 0.3) is 0 Å². The molecule has 2 aromatic carbocycles. The quantitative estimate of drug-likeness (QED) is 0.398. The number of hydrogen-bond acceptors (Lipinski definition) is 4. The number of methoxy groups -OCH3 is 1. The van der Waals surface area contributed by atoms with E-state index in [1.54, 1.807) is 25.4 Å². The number of halogens is 3. The first-order chi connectivity index (χ1) is 16.4. The lowest BCUT2D eigenvalue weighted by molar-refractivity contribution is 0.155. The van der Waals surface area contributed by atoms with Crippen LogP contribution >= 0.6 is 15.9 Å². The summed E-state index contributed by atoms with van der Waals surface area (Å²) >= 11 is 3.42. The fourth-order valence-corrected chi connectivity index (χ4v) is 4.74. The van der Waals surface area contributed by atoms with Crippen molar-refractivity contribution in [3.8, 4) is 11.3 Å². The number of carbonyl (C=O) groups is 1. The van der Waals surface area contributed by atoms with Crippen LogP contribution in [-0.4, -0.2) is 43.4 Å². The Balaban J connectivity index is 1.62. The van der Waals surface area contributed by atoms with Crippen LogP contribution in [-0.2, 0) is 4.74 Å². The smallest absolute Gasteiger partial charge is 0.319 e. The summed E-state index contributed by atoms with van der Waals surface area (Å²) in [4.78, 5) is 17.7. The number of rotatable bonds is 7. The van der Waals surface area contributed by atoms with Gasteiger partial charge in [0.05, 0.1) is 16.9 Å². The van der Waals surface area contributed by atoms with E-state index in [1.807, 2.05) is 30.3 Å². The number of carbonyl (C=O) groups excluding carboxylic acids is 1. The van der Waals surface area contributed by atoms with E-state index < -0.39 is 23.2 Å². The normalized spacial score (nSPS) is 19.7. The molecule has 9 heteroatoms. The number of nitrogens with zero attached hydrogens (tertiary/aromatic N) is 1. The van der Waals surface area contributed by atoms with Gasteiger partial charge < -0.3 is 20.7 Å². The molecule has 0 aliphatic carbocycles. The van der Waals surface area contributed by atoms with Crippen LogP contribution in [0, 0.1) is 11.6 Å². The first kappa shape index (κ1) is 24.3. The molecule has 3 N–H and O–H groups in total. The van der Waals surface area contributed by atoms with E-state index >= 15 is 0 Å². The second-order valence-electron chi connectivity index (χ2n) is 8.25. The Morgan fingerprint density at radius 1 is 1.21 bits per heavy atom. The maximum absolute atomic E-state index is 14.0. The molecule has 2 heterocycles. The van der Waals surface area contributed by atoms with Crippen LogP contribution < -0.4 is 16.0 Å². The number of amides is 2. The van der Waals surface area contributed by atoms with Gasteiger partial charge in [-0.25, -0.2) is 13.6 Å². The first-order valence-corrected chi connectivity index (χ1v) is 11.7. The molecule has 34 heavy (non-hydrogen) atoms. The Labute approximate surface area is 205 Å². The summed E-state index contributed by atoms with van der Waals surface area (Å²) in [5, 5.41) is 9.32. The maximum Gasteiger partial charge on any atom is 0.319 e. The van der Waals surface area contributed by atoms with E-state index in [1.165, 1.54) is 6.07 Å². The van der Waals surface area contributed by atoms with E-state index in [0.29, 0.717) is 43.1 Å². The topological polar surface area (TPSA) is 75.3 Å². The molecule has 0 unspecified atom stereocenters. The molecule has 0 spiro atoms. The number of aromatic nitrogens is 1. The molecule has 1 aliphatic heterocycles. The van der Waals surface area contributed by atoms with Crippen molar-refractivity contribution in [2.24, 2.45) is 0 Å². The number of anilines is 1. The molecule has 1 fully saturated rings. The highest BCUT2D eigenvalue weighted by Crippen LogP contribution is 2.36. The van der Waals surface area contributed by atoms with Crippen LogP contribution in [0.5, 0.6) is 0 Å². The Bertz CT molecular complexity index is 1160. The SMILES string of the molecule is COCC[C@@]1(NC(=O)Nc2cc(Br)cnc2-c2ccccc2)CNC[C@H]1c1ccc(F)c(F)c1. The Morgan fingerprint density at radius 3 is 2.74 bits per heavy atom. The number of hydrogen-bond donors (Lipinski definition) is 3. The van der Waals surface area contributed by atoms with Gasteiger partial charge in [-0.05, 0) is 46.1 Å². The lowest BCUT2D eigenvalue weighted by atomic mass is 9.79. The minimum atomic E-state index is -0.915. The van der Waals surface area contributed by atoms with Gasteiger partial charge in [-0.1, -0.05) is 36.4 Å². The van der Waals surface area contributed by atoms with Gasteiger partial charge in [0, 0.05) is 49.0 Å². The number of ether oxygens (including phenoxy) is 1. The Kier molecular flexibility index (Phi) is 7.55. The third-order valence-electron chi connectivity index (χ3n) is 6.07. The third-order valence-corrected chi connectivity index (χ3v) is 6.50. The van der Waals surface area contributed by atoms with Gasteiger partial charge in [0.2, 0.25) is 0 Å². The summed E-state index contributed by atoms with van der Waals surface area (Å²) in [6, 6.07) is 14.8. The predicted molar refractivity (Wildman–Crippen MR) is 131 cm³/mol. The molecule has 178 valence electrons. The summed E-state index contributed by atoms with van der Waals surface area (Å²) in [5.41, 5.74) is 1.87. The highest BCUT2D eigenvalue weighted by Gasteiger charge is 2.45. The molecule has 2 amide bonds. The second kappa shape index (κ2) is 10.6. The van der Waals surface area contributed by atoms with Crippen molar-refractivity contribution >= 4 is 27.6 Å². The molecule has 3 aromatic rings. The van der Waals surface area contributed by atoms with Crippen molar-refractivity contribution in [3.63, 3.8) is 0 Å². The largest absolute Gasteiger partial charge is 0.385 e. The number of nitrogens with one attached hydrogen (secondary N) is 3. The van der Waals surface area contributed by atoms with Gasteiger partial charge >= 0.3 is 6.03 Å². The molecule has 0 radical (unpaired) electrons. The molecule has 0 saturated carbocycles. The predicted octanol–water partition coefficient (Wildman–Crippen LogP) is 5.07. The summed E-state index contributed by atoms with van der Waals surface area (Å²) in [5.74, 6) is -2.10. The second-order valence-corrected chi connectivity index (χ2v) is 9.17. The molecule has 6 nitrogen and oxygen atoms in total. The summed E-state index contributed by atoms with van der Waals surface area (Å²) < 4.78 is 33.6. The van der Waals surface area contributed by atoms with Crippen LogP contribution in [0.1, 0.15) is 17.9 Å². The zero-order valence-electron chi connectivity index (χ0n) is 18.6. The average molecular weight is 531 g/mol. The highest BCUT2D eigenvalue weighted by atomic mass is 79.9. The number of pyridine rings is 1. The molecular formula is C25H25BrF2N4O2. The molecule has 0 bridgehead atoms. The van der Waals surface area contributed by atoms with Crippen LogP contribution in [0.3, 0.4) is 0 Å². The van der Waals surface area contributed by atoms with Crippen LogP contribution in [0.2, 0.25) is 0 Å². The zero-order chi connectivity index (χ0) is 24.1. The van der Waals surface area contributed by atoms with Gasteiger partial charge in [-0.2, -0.15) is 0 Å². The molecule has 1 aromatic heterocycles. The van der Waals surface area contributed by atoms with Crippen molar-refractivity contribution < 1.29 is 18.3 Å². The van der Waals surface area contributed by atoms with Crippen molar-refractivity contribution in [3.05, 3.63) is 82.5 Å². The minimum absolute atomic E-state index is 0.280. The molecular weight excluding hydrogens is 506 g/mol. The van der Waals surface area contributed by atoms with Crippen molar-refractivity contribution in [1.82, 2.24) is 15.6 Å². The standard InChI is InChI=1S/C25H25BrF2N4O2/c1-34-10-9-25(15-29-14-19(25)17-7-8-20(27)21(28)11-17)32-24(33)31-22-12-18(26)13-30-23(22)16-5-3-2-4-6-16/h2-8,11-13,19,29H,9-10,14-15H2,1H3,(H2,31,32,33)/t19-,25+/m0/s1. The maximum atomic E-state index is 14.0. The molecule has 1 aliphatic rings. The number of benzene rings is 2. The van der Waals surface area contributed by atoms with Gasteiger partial charge in [0.1, 0.15) is 0 Å². The molecule has 2 atom stereocenters. The lowest BCUT2D eigenvalue weighted by Crippen LogP contribution is -2.55. The fourth-order valence-electron chi connectivity index (χ4n) is 4.41. The van der Waals surface area contributed by atoms with E-state index in [2.05, 4.69) is 36.9 Å². The van der Waals surface area contributed by atoms with Crippen molar-refractivity contribution in [2.45, 2.75) is 17.9 Å². The molecule has 4 rings (SSSR count). The van der Waals surface area contributed by atoms with E-state index in [4.69, 9.17) is 4.74 Å². The first-order valence-electron chi connectivity index (χ1n) is 10.9. The third kappa shape index (κ3) is 5.27. The minimum Gasteiger partial charge on any atom is -0.385 e. The highest BCUT2D eigenvalue weighted by molar-refractivity contribution is 9.10. The molecule has 1 saturated heterocycles. The zero-order valence-corrected chi connectivity index (χ0v) is 20.2. The Hall–Kier alpha value is -2.88. The van der Waals surface area contributed by atoms with Crippen molar-refractivity contribution in [1.29, 1.82) is 0 Å². The van der Waals surface area contributed by atoms with E-state index in [9.17, 15) is 13.6 Å². The summed E-state index contributed by atoms with van der Waals surface area (Å²) in [7, 11) is 1.59. The average Bonchev–Trinajstić information content (AvgIpc) is 3.23. The Morgan fingerprint density at radius 2 is 2.00 bits per heavy atom. The lowest BCUT2D eigenvalue weighted by Gasteiger charge is -2.36. The number of urea groups is 1. The van der Waals surface area contributed by atoms with Gasteiger partial charge in [-0.3, -0.25) is 4.98 Å². The van der Waals surface area contributed by atoms with Crippen LogP contribution in [0.25, 0.3) is 11.3 Å². The van der Waals surface area contributed by atoms with Crippen LogP contribution in [0.4, 0.5) is 19.3 Å². The van der Waals surface area contributed by atoms with Gasteiger partial charge in [0.15, 0.2) is 11.6 Å². The summed E-state index contributed by atoms with van der Waals surface area (Å²) in [6.07, 6.45) is 2.15. The van der Waals surface area contributed by atoms with E-state index in [0.717, 1.165) is 16.1 Å². The summed E-state index contributed by atoms with van der Waals surface area (Å²) in [6.45, 7) is 1.34.